The molecule has 3 aromatic rings. The number of anilines is 1. The highest BCUT2D eigenvalue weighted by atomic mass is 19.1. The molecule has 2 amide bonds. The van der Waals surface area contributed by atoms with E-state index < -0.39 is 6.03 Å². The Kier molecular flexibility index (Phi) is 4.81. The topological polar surface area (TPSA) is 80.0 Å². The zero-order valence-corrected chi connectivity index (χ0v) is 12.7. The molecule has 0 bridgehead atoms. The fourth-order valence-corrected chi connectivity index (χ4v) is 2.07. The van der Waals surface area contributed by atoms with E-state index in [-0.39, 0.29) is 11.8 Å². The third kappa shape index (κ3) is 4.39. The number of rotatable bonds is 5. The fraction of sp³-hybridized carbons (Fsp3) is 0.118. The molecule has 1 aromatic heterocycles. The third-order valence-corrected chi connectivity index (χ3v) is 3.25. The first-order chi connectivity index (χ1) is 11.7. The Morgan fingerprint density at radius 3 is 2.50 bits per heavy atom. The van der Waals surface area contributed by atoms with Crippen LogP contribution in [0.5, 0.6) is 0 Å². The molecule has 3 rings (SSSR count). The summed E-state index contributed by atoms with van der Waals surface area (Å²) in [6.45, 7) is 0.392. The molecule has 0 unspecified atom stereocenters. The minimum Gasteiger partial charge on any atom is -0.407 e. The monoisotopic (exact) mass is 326 g/mol. The van der Waals surface area contributed by atoms with Crippen molar-refractivity contribution in [3.8, 4) is 0 Å². The van der Waals surface area contributed by atoms with Crippen LogP contribution in [0.3, 0.4) is 0 Å². The van der Waals surface area contributed by atoms with E-state index >= 15 is 0 Å². The Balaban J connectivity index is 1.51. The number of nitrogens with zero attached hydrogens (tertiary/aromatic N) is 2. The number of carbonyl (C=O) groups excluding carboxylic acids is 1. The van der Waals surface area contributed by atoms with Gasteiger partial charge < -0.3 is 9.73 Å². The van der Waals surface area contributed by atoms with Gasteiger partial charge in [-0.15, -0.1) is 5.10 Å². The number of amides is 2. The predicted molar refractivity (Wildman–Crippen MR) is 85.8 cm³/mol. The van der Waals surface area contributed by atoms with E-state index in [2.05, 4.69) is 20.8 Å². The molecule has 0 fully saturated rings. The van der Waals surface area contributed by atoms with E-state index in [1.54, 1.807) is 12.1 Å². The normalized spacial score (nSPS) is 10.4. The molecule has 6 nitrogen and oxygen atoms in total. The zero-order chi connectivity index (χ0) is 16.8. The Hall–Kier alpha value is -3.22. The first-order valence-corrected chi connectivity index (χ1v) is 7.34. The number of hydrogen-bond acceptors (Lipinski definition) is 4. The van der Waals surface area contributed by atoms with Crippen LogP contribution in [0.25, 0.3) is 0 Å². The SMILES string of the molecule is O=C(NCc1ccccc1)Nc1nnc(Cc2ccc(F)cc2)o1. The number of hydrogen-bond donors (Lipinski definition) is 2. The molecule has 24 heavy (non-hydrogen) atoms. The molecule has 0 saturated carbocycles. The number of urea groups is 1. The van der Waals surface area contributed by atoms with Crippen LogP contribution in [0.4, 0.5) is 15.2 Å². The van der Waals surface area contributed by atoms with Gasteiger partial charge in [0, 0.05) is 6.54 Å². The van der Waals surface area contributed by atoms with Gasteiger partial charge in [0.15, 0.2) is 0 Å². The van der Waals surface area contributed by atoms with Gasteiger partial charge in [-0.2, -0.15) is 0 Å². The summed E-state index contributed by atoms with van der Waals surface area (Å²) < 4.78 is 18.2. The van der Waals surface area contributed by atoms with Gasteiger partial charge in [0.25, 0.3) is 0 Å². The van der Waals surface area contributed by atoms with Gasteiger partial charge in [0.2, 0.25) is 5.89 Å². The molecule has 0 aliphatic rings. The smallest absolute Gasteiger partial charge is 0.323 e. The lowest BCUT2D eigenvalue weighted by atomic mass is 10.1. The Morgan fingerprint density at radius 2 is 1.75 bits per heavy atom. The van der Waals surface area contributed by atoms with E-state index in [9.17, 15) is 9.18 Å². The lowest BCUT2D eigenvalue weighted by Gasteiger charge is -2.04. The highest BCUT2D eigenvalue weighted by molar-refractivity contribution is 5.86. The largest absolute Gasteiger partial charge is 0.407 e. The third-order valence-electron chi connectivity index (χ3n) is 3.25. The molecule has 7 heteroatoms. The first-order valence-electron chi connectivity index (χ1n) is 7.34. The van der Waals surface area contributed by atoms with Crippen molar-refractivity contribution in [3.63, 3.8) is 0 Å². The fourth-order valence-electron chi connectivity index (χ4n) is 2.07. The summed E-state index contributed by atoms with van der Waals surface area (Å²) in [4.78, 5) is 11.8. The average Bonchev–Trinajstić information content (AvgIpc) is 3.03. The number of aromatic nitrogens is 2. The average molecular weight is 326 g/mol. The summed E-state index contributed by atoms with van der Waals surface area (Å²) in [6.07, 6.45) is 0.362. The summed E-state index contributed by atoms with van der Waals surface area (Å²) in [5.74, 6) is 0.0293. The molecular weight excluding hydrogens is 311 g/mol. The standard InChI is InChI=1S/C17H15FN4O2/c18-14-8-6-12(7-9-14)10-15-21-22-17(24-15)20-16(23)19-11-13-4-2-1-3-5-13/h1-9H,10-11H2,(H2,19,20,22,23). The maximum absolute atomic E-state index is 12.9. The second-order valence-electron chi connectivity index (χ2n) is 5.10. The van der Waals surface area contributed by atoms with Crippen molar-refractivity contribution >= 4 is 12.0 Å². The van der Waals surface area contributed by atoms with Crippen LogP contribution in [0.1, 0.15) is 17.0 Å². The molecule has 2 N–H and O–H groups in total. The predicted octanol–water partition coefficient (Wildman–Crippen LogP) is 3.12. The van der Waals surface area contributed by atoms with Crippen molar-refractivity contribution in [1.82, 2.24) is 15.5 Å². The van der Waals surface area contributed by atoms with E-state index in [1.165, 1.54) is 12.1 Å². The van der Waals surface area contributed by atoms with Gasteiger partial charge in [-0.25, -0.2) is 9.18 Å². The molecular formula is C17H15FN4O2. The van der Waals surface area contributed by atoms with Crippen LogP contribution in [0.15, 0.2) is 59.0 Å². The minimum atomic E-state index is -0.434. The van der Waals surface area contributed by atoms with E-state index in [1.807, 2.05) is 30.3 Å². The van der Waals surface area contributed by atoms with E-state index in [0.717, 1.165) is 11.1 Å². The Morgan fingerprint density at radius 1 is 1.00 bits per heavy atom. The maximum Gasteiger partial charge on any atom is 0.323 e. The van der Waals surface area contributed by atoms with E-state index in [0.29, 0.717) is 18.9 Å². The molecule has 1 heterocycles. The van der Waals surface area contributed by atoms with Crippen molar-refractivity contribution in [2.24, 2.45) is 0 Å². The van der Waals surface area contributed by atoms with Crippen molar-refractivity contribution in [1.29, 1.82) is 0 Å². The van der Waals surface area contributed by atoms with Crippen LogP contribution in [0.2, 0.25) is 0 Å². The van der Waals surface area contributed by atoms with Crippen molar-refractivity contribution in [3.05, 3.63) is 77.4 Å². The van der Waals surface area contributed by atoms with Gasteiger partial charge in [-0.1, -0.05) is 47.6 Å². The van der Waals surface area contributed by atoms with Gasteiger partial charge in [-0.3, -0.25) is 5.32 Å². The minimum absolute atomic E-state index is 0.0117. The van der Waals surface area contributed by atoms with Crippen molar-refractivity contribution in [2.75, 3.05) is 5.32 Å². The van der Waals surface area contributed by atoms with Gasteiger partial charge in [0.1, 0.15) is 5.82 Å². The molecule has 122 valence electrons. The summed E-state index contributed by atoms with van der Waals surface area (Å²) >= 11 is 0. The van der Waals surface area contributed by atoms with Crippen molar-refractivity contribution in [2.45, 2.75) is 13.0 Å². The molecule has 2 aromatic carbocycles. The number of carbonyl (C=O) groups is 1. The van der Waals surface area contributed by atoms with Gasteiger partial charge in [-0.05, 0) is 23.3 Å². The van der Waals surface area contributed by atoms with Crippen molar-refractivity contribution < 1.29 is 13.6 Å². The summed E-state index contributed by atoms with van der Waals surface area (Å²) in [5.41, 5.74) is 1.82. The number of halogens is 1. The highest BCUT2D eigenvalue weighted by Gasteiger charge is 2.10. The molecule has 0 aliphatic heterocycles. The molecule has 0 atom stereocenters. The molecule has 0 radical (unpaired) electrons. The van der Waals surface area contributed by atoms with Crippen LogP contribution >= 0.6 is 0 Å². The van der Waals surface area contributed by atoms with E-state index in [4.69, 9.17) is 4.42 Å². The number of nitrogens with one attached hydrogen (secondary N) is 2. The highest BCUT2D eigenvalue weighted by Crippen LogP contribution is 2.12. The lowest BCUT2D eigenvalue weighted by molar-refractivity contribution is 0.251. The lowest BCUT2D eigenvalue weighted by Crippen LogP contribution is -2.28. The Bertz CT molecular complexity index is 803. The second kappa shape index (κ2) is 7.36. The summed E-state index contributed by atoms with van der Waals surface area (Å²) in [6, 6.07) is 15.1. The van der Waals surface area contributed by atoms with Crippen LogP contribution in [-0.4, -0.2) is 16.2 Å². The number of benzene rings is 2. The Labute approximate surface area is 137 Å². The first kappa shape index (κ1) is 15.7. The van der Waals surface area contributed by atoms with Crippen LogP contribution in [-0.2, 0) is 13.0 Å². The molecule has 0 spiro atoms. The summed E-state index contributed by atoms with van der Waals surface area (Å²) in [7, 11) is 0. The van der Waals surface area contributed by atoms with Gasteiger partial charge >= 0.3 is 12.0 Å². The quantitative estimate of drug-likeness (QED) is 0.755. The molecule has 0 aliphatic carbocycles. The second-order valence-corrected chi connectivity index (χ2v) is 5.10. The molecule has 0 saturated heterocycles. The maximum atomic E-state index is 12.9. The van der Waals surface area contributed by atoms with Crippen LogP contribution in [0, 0.1) is 5.82 Å². The summed E-state index contributed by atoms with van der Waals surface area (Å²) in [5, 5.41) is 12.8. The van der Waals surface area contributed by atoms with Crippen LogP contribution < -0.4 is 10.6 Å². The zero-order valence-electron chi connectivity index (χ0n) is 12.7. The van der Waals surface area contributed by atoms with Gasteiger partial charge in [0.05, 0.1) is 6.42 Å².